The number of hydrogen-bond acceptors (Lipinski definition) is 2. The van der Waals surface area contributed by atoms with Gasteiger partial charge in [0.1, 0.15) is 0 Å². The Morgan fingerprint density at radius 1 is 1.20 bits per heavy atom. The van der Waals surface area contributed by atoms with Gasteiger partial charge in [-0.25, -0.2) is 0 Å². The number of fused-ring (bicyclic) bond motifs is 1. The Morgan fingerprint density at radius 3 is 2.90 bits per heavy atom. The van der Waals surface area contributed by atoms with Gasteiger partial charge < -0.3 is 15.2 Å². The lowest BCUT2D eigenvalue weighted by atomic mass is 10.2. The van der Waals surface area contributed by atoms with Crippen molar-refractivity contribution in [2.24, 2.45) is 0 Å². The van der Waals surface area contributed by atoms with Crippen molar-refractivity contribution in [1.29, 1.82) is 0 Å². The zero-order valence-electron chi connectivity index (χ0n) is 12.1. The van der Waals surface area contributed by atoms with Gasteiger partial charge in [-0.2, -0.15) is 0 Å². The Hall–Kier alpha value is -1.81. The first-order valence-electron chi connectivity index (χ1n) is 7.32. The highest BCUT2D eigenvalue weighted by Crippen LogP contribution is 2.15. The van der Waals surface area contributed by atoms with Crippen molar-refractivity contribution >= 4 is 16.8 Å². The topological polar surface area (TPSA) is 46.1 Å². The lowest BCUT2D eigenvalue weighted by Crippen LogP contribution is -2.28. The zero-order valence-corrected chi connectivity index (χ0v) is 12.1. The van der Waals surface area contributed by atoms with Gasteiger partial charge >= 0.3 is 0 Å². The van der Waals surface area contributed by atoms with Crippen molar-refractivity contribution in [2.75, 3.05) is 19.6 Å². The summed E-state index contributed by atoms with van der Waals surface area (Å²) in [6.07, 6.45) is 3.61. The molecule has 0 bridgehead atoms. The number of carbonyl (C=O) groups excluding carboxylic acids is 1. The molecule has 20 heavy (non-hydrogen) atoms. The summed E-state index contributed by atoms with van der Waals surface area (Å²) in [6, 6.07) is 10.5. The lowest BCUT2D eigenvalue weighted by Gasteiger charge is -2.07. The number of para-hydroxylation sites is 1. The van der Waals surface area contributed by atoms with E-state index in [1.165, 1.54) is 10.9 Å². The highest BCUT2D eigenvalue weighted by molar-refractivity contribution is 5.79. The highest BCUT2D eigenvalue weighted by atomic mass is 16.1. The summed E-state index contributed by atoms with van der Waals surface area (Å²) in [7, 11) is 0. The van der Waals surface area contributed by atoms with E-state index < -0.39 is 0 Å². The van der Waals surface area contributed by atoms with Crippen LogP contribution in [0.5, 0.6) is 0 Å². The van der Waals surface area contributed by atoms with E-state index in [0.29, 0.717) is 6.42 Å². The van der Waals surface area contributed by atoms with E-state index in [9.17, 15) is 4.79 Å². The number of rotatable bonds is 8. The predicted octanol–water partition coefficient (Wildman–Crippen LogP) is 2.15. The molecule has 0 saturated carbocycles. The maximum absolute atomic E-state index is 11.5. The molecular formula is C16H23N3O. The van der Waals surface area contributed by atoms with Crippen LogP contribution in [-0.4, -0.2) is 30.1 Å². The van der Waals surface area contributed by atoms with Crippen molar-refractivity contribution in [1.82, 2.24) is 15.2 Å². The molecule has 0 fully saturated rings. The fraction of sp³-hybridized carbons (Fsp3) is 0.438. The second-order valence-electron chi connectivity index (χ2n) is 4.88. The van der Waals surface area contributed by atoms with Gasteiger partial charge in [-0.05, 0) is 30.5 Å². The van der Waals surface area contributed by atoms with Crippen molar-refractivity contribution in [2.45, 2.75) is 26.3 Å². The van der Waals surface area contributed by atoms with Gasteiger partial charge in [0.15, 0.2) is 0 Å². The lowest BCUT2D eigenvalue weighted by molar-refractivity contribution is -0.121. The number of carbonyl (C=O) groups is 1. The molecule has 0 spiro atoms. The molecule has 108 valence electrons. The molecule has 2 N–H and O–H groups in total. The van der Waals surface area contributed by atoms with E-state index in [-0.39, 0.29) is 5.91 Å². The summed E-state index contributed by atoms with van der Waals surface area (Å²) in [5.41, 5.74) is 1.26. The van der Waals surface area contributed by atoms with Crippen LogP contribution in [0.4, 0.5) is 0 Å². The van der Waals surface area contributed by atoms with Gasteiger partial charge in [0.05, 0.1) is 0 Å². The minimum atomic E-state index is 0.128. The number of nitrogens with one attached hydrogen (secondary N) is 2. The molecule has 0 radical (unpaired) electrons. The van der Waals surface area contributed by atoms with Gasteiger partial charge in [0.2, 0.25) is 5.91 Å². The van der Waals surface area contributed by atoms with Crippen LogP contribution in [0.25, 0.3) is 10.9 Å². The summed E-state index contributed by atoms with van der Waals surface area (Å²) >= 11 is 0. The quantitative estimate of drug-likeness (QED) is 0.724. The molecular weight excluding hydrogens is 250 g/mol. The van der Waals surface area contributed by atoms with Gasteiger partial charge in [-0.3, -0.25) is 4.79 Å². The van der Waals surface area contributed by atoms with Crippen molar-refractivity contribution in [3.63, 3.8) is 0 Å². The Labute approximate surface area is 120 Å². The van der Waals surface area contributed by atoms with Crippen LogP contribution in [-0.2, 0) is 11.3 Å². The molecule has 1 heterocycles. The molecule has 0 unspecified atom stereocenters. The first kappa shape index (κ1) is 14.6. The molecule has 0 saturated heterocycles. The van der Waals surface area contributed by atoms with Gasteiger partial charge in [0.25, 0.3) is 0 Å². The van der Waals surface area contributed by atoms with E-state index in [0.717, 1.165) is 32.6 Å². The number of hydrogen-bond donors (Lipinski definition) is 2. The second-order valence-corrected chi connectivity index (χ2v) is 4.88. The number of benzene rings is 1. The average molecular weight is 273 g/mol. The normalized spacial score (nSPS) is 10.8. The van der Waals surface area contributed by atoms with Crippen LogP contribution in [0.3, 0.4) is 0 Å². The Kier molecular flexibility index (Phi) is 5.62. The smallest absolute Gasteiger partial charge is 0.221 e. The number of amides is 1. The highest BCUT2D eigenvalue weighted by Gasteiger charge is 2.01. The molecule has 4 heteroatoms. The first-order valence-corrected chi connectivity index (χ1v) is 7.32. The maximum atomic E-state index is 11.5. The van der Waals surface area contributed by atoms with Crippen molar-refractivity contribution in [3.8, 4) is 0 Å². The standard InChI is InChI=1S/C16H23N3O/c1-2-17-11-8-16(20)18-10-5-12-19-13-9-14-6-3-4-7-15(14)19/h3-4,6-7,9,13,17H,2,5,8,10-12H2,1H3,(H,18,20). The number of aromatic nitrogens is 1. The van der Waals surface area contributed by atoms with Crippen LogP contribution in [0, 0.1) is 0 Å². The molecule has 0 atom stereocenters. The summed E-state index contributed by atoms with van der Waals surface area (Å²) < 4.78 is 2.24. The van der Waals surface area contributed by atoms with E-state index in [1.54, 1.807) is 0 Å². The van der Waals surface area contributed by atoms with Crippen LogP contribution in [0.2, 0.25) is 0 Å². The fourth-order valence-electron chi connectivity index (χ4n) is 2.28. The third-order valence-electron chi connectivity index (χ3n) is 3.36. The molecule has 1 aromatic heterocycles. The van der Waals surface area contributed by atoms with Crippen LogP contribution < -0.4 is 10.6 Å². The van der Waals surface area contributed by atoms with Gasteiger partial charge in [-0.1, -0.05) is 25.1 Å². The Morgan fingerprint density at radius 2 is 2.05 bits per heavy atom. The summed E-state index contributed by atoms with van der Waals surface area (Å²) in [4.78, 5) is 11.5. The molecule has 1 amide bonds. The zero-order chi connectivity index (χ0) is 14.2. The molecule has 1 aromatic carbocycles. The van der Waals surface area contributed by atoms with E-state index in [2.05, 4.69) is 51.7 Å². The third kappa shape index (κ3) is 4.10. The summed E-state index contributed by atoms with van der Waals surface area (Å²) in [5.74, 6) is 0.128. The van der Waals surface area contributed by atoms with Gasteiger partial charge in [-0.15, -0.1) is 0 Å². The molecule has 0 aliphatic carbocycles. The van der Waals surface area contributed by atoms with Crippen LogP contribution in [0.15, 0.2) is 36.5 Å². The van der Waals surface area contributed by atoms with Crippen LogP contribution in [0.1, 0.15) is 19.8 Å². The Bertz CT molecular complexity index is 547. The van der Waals surface area contributed by atoms with Crippen LogP contribution >= 0.6 is 0 Å². The number of aryl methyl sites for hydroxylation is 1. The molecule has 2 rings (SSSR count). The molecule has 4 nitrogen and oxygen atoms in total. The second kappa shape index (κ2) is 7.70. The monoisotopic (exact) mass is 273 g/mol. The number of nitrogens with zero attached hydrogens (tertiary/aromatic N) is 1. The molecule has 2 aromatic rings. The van der Waals surface area contributed by atoms with Crippen molar-refractivity contribution < 1.29 is 4.79 Å². The van der Waals surface area contributed by atoms with Crippen molar-refractivity contribution in [3.05, 3.63) is 36.5 Å². The summed E-state index contributed by atoms with van der Waals surface area (Å²) in [5, 5.41) is 7.37. The SMILES string of the molecule is CCNCCC(=O)NCCCn1ccc2ccccc21. The van der Waals surface area contributed by atoms with E-state index >= 15 is 0 Å². The maximum Gasteiger partial charge on any atom is 0.221 e. The average Bonchev–Trinajstić information content (AvgIpc) is 2.87. The Balaban J connectivity index is 1.70. The molecule has 0 aliphatic rings. The predicted molar refractivity (Wildman–Crippen MR) is 82.7 cm³/mol. The van der Waals surface area contributed by atoms with E-state index in [1.807, 2.05) is 6.92 Å². The minimum Gasteiger partial charge on any atom is -0.356 e. The molecule has 0 aliphatic heterocycles. The largest absolute Gasteiger partial charge is 0.356 e. The third-order valence-corrected chi connectivity index (χ3v) is 3.36. The minimum absolute atomic E-state index is 0.128. The van der Waals surface area contributed by atoms with Gasteiger partial charge in [0, 0.05) is 37.8 Å². The fourth-order valence-corrected chi connectivity index (χ4v) is 2.28. The summed E-state index contributed by atoms with van der Waals surface area (Å²) in [6.45, 7) is 5.37. The first-order chi connectivity index (χ1) is 9.81. The van der Waals surface area contributed by atoms with E-state index in [4.69, 9.17) is 0 Å².